The van der Waals surface area contributed by atoms with Crippen molar-refractivity contribution in [3.05, 3.63) is 47.7 Å². The number of carbonyl (C=O) groups excluding carboxylic acids is 1. The Morgan fingerprint density at radius 3 is 2.79 bits per heavy atom. The summed E-state index contributed by atoms with van der Waals surface area (Å²) in [6.07, 6.45) is 7.52. The van der Waals surface area contributed by atoms with Gasteiger partial charge < -0.3 is 9.32 Å². The highest BCUT2D eigenvalue weighted by Gasteiger charge is 2.26. The van der Waals surface area contributed by atoms with Gasteiger partial charge in [0.15, 0.2) is 10.9 Å². The summed E-state index contributed by atoms with van der Waals surface area (Å²) in [5.41, 5.74) is 0.977. The van der Waals surface area contributed by atoms with Gasteiger partial charge in [-0.05, 0) is 44.0 Å². The summed E-state index contributed by atoms with van der Waals surface area (Å²) in [5, 5.41) is 10.6. The van der Waals surface area contributed by atoms with E-state index in [1.54, 1.807) is 22.5 Å². The van der Waals surface area contributed by atoms with Gasteiger partial charge in [-0.25, -0.2) is 4.98 Å². The van der Waals surface area contributed by atoms with Gasteiger partial charge in [0.25, 0.3) is 0 Å². The van der Waals surface area contributed by atoms with E-state index in [1.807, 2.05) is 44.3 Å². The molecule has 172 valence electrons. The fourth-order valence-corrected chi connectivity index (χ4v) is 6.29. The largest absolute Gasteiger partial charge is 0.461 e. The third-order valence-electron chi connectivity index (χ3n) is 6.31. The second kappa shape index (κ2) is 9.69. The fourth-order valence-electron chi connectivity index (χ4n) is 4.30. The van der Waals surface area contributed by atoms with Crippen molar-refractivity contribution in [3.63, 3.8) is 0 Å². The van der Waals surface area contributed by atoms with E-state index in [-0.39, 0.29) is 11.9 Å². The van der Waals surface area contributed by atoms with Crippen LogP contribution in [-0.2, 0) is 4.79 Å². The number of thiazole rings is 1. The van der Waals surface area contributed by atoms with Crippen molar-refractivity contribution in [2.24, 2.45) is 0 Å². The van der Waals surface area contributed by atoms with Crippen LogP contribution in [0.3, 0.4) is 0 Å². The molecule has 1 aliphatic rings. The average molecular weight is 482 g/mol. The molecule has 9 heteroatoms. The highest BCUT2D eigenvalue weighted by atomic mass is 32.2. The van der Waals surface area contributed by atoms with Gasteiger partial charge in [0.2, 0.25) is 11.7 Å². The van der Waals surface area contributed by atoms with E-state index in [4.69, 9.17) is 9.40 Å². The van der Waals surface area contributed by atoms with E-state index in [2.05, 4.69) is 20.8 Å². The van der Waals surface area contributed by atoms with E-state index in [0.29, 0.717) is 17.6 Å². The lowest BCUT2D eigenvalue weighted by Gasteiger charge is -2.26. The topological polar surface area (TPSA) is 77.1 Å². The molecule has 7 nitrogen and oxygen atoms in total. The van der Waals surface area contributed by atoms with Crippen LogP contribution < -0.4 is 0 Å². The highest BCUT2D eigenvalue weighted by molar-refractivity contribution is 7.99. The molecular formula is C24H27N5O2S2. The zero-order valence-electron chi connectivity index (χ0n) is 18.8. The van der Waals surface area contributed by atoms with Crippen molar-refractivity contribution in [3.8, 4) is 11.6 Å². The molecule has 0 bridgehead atoms. The molecule has 1 aromatic carbocycles. The lowest BCUT2D eigenvalue weighted by atomic mass is 9.95. The van der Waals surface area contributed by atoms with Gasteiger partial charge in [-0.2, -0.15) is 0 Å². The van der Waals surface area contributed by atoms with Gasteiger partial charge >= 0.3 is 0 Å². The maximum atomic E-state index is 13.1. The Bertz CT molecular complexity index is 1190. The molecule has 3 aromatic heterocycles. The Morgan fingerprint density at radius 1 is 1.21 bits per heavy atom. The summed E-state index contributed by atoms with van der Waals surface area (Å²) >= 11 is 3.09. The summed E-state index contributed by atoms with van der Waals surface area (Å²) in [4.78, 5) is 19.6. The summed E-state index contributed by atoms with van der Waals surface area (Å²) in [5.74, 6) is 1.81. The van der Waals surface area contributed by atoms with Crippen LogP contribution in [0.2, 0.25) is 0 Å². The molecule has 1 atom stereocenters. The number of para-hydroxylation sites is 1. The summed E-state index contributed by atoms with van der Waals surface area (Å²) in [6, 6.07) is 12.1. The summed E-state index contributed by atoms with van der Waals surface area (Å²) < 4.78 is 8.95. The third-order valence-corrected chi connectivity index (χ3v) is 8.45. The first-order valence-corrected chi connectivity index (χ1v) is 13.1. The van der Waals surface area contributed by atoms with Crippen LogP contribution in [0.5, 0.6) is 0 Å². The first-order valence-electron chi connectivity index (χ1n) is 11.3. The first-order chi connectivity index (χ1) is 16.1. The number of aromatic nitrogens is 4. The molecule has 1 fully saturated rings. The van der Waals surface area contributed by atoms with Crippen LogP contribution in [0.1, 0.15) is 56.1 Å². The van der Waals surface area contributed by atoms with Crippen LogP contribution in [0.15, 0.2) is 52.2 Å². The molecule has 33 heavy (non-hydrogen) atoms. The van der Waals surface area contributed by atoms with Crippen molar-refractivity contribution in [2.75, 3.05) is 12.8 Å². The number of thioether (sulfide) groups is 1. The van der Waals surface area contributed by atoms with Gasteiger partial charge in [0.05, 0.1) is 28.3 Å². The second-order valence-electron chi connectivity index (χ2n) is 8.43. The predicted molar refractivity (Wildman–Crippen MR) is 131 cm³/mol. The van der Waals surface area contributed by atoms with Gasteiger partial charge in [-0.15, -0.1) is 21.5 Å². The Morgan fingerprint density at radius 2 is 2.03 bits per heavy atom. The molecule has 0 N–H and O–H groups in total. The van der Waals surface area contributed by atoms with Crippen molar-refractivity contribution >= 4 is 39.2 Å². The minimum Gasteiger partial charge on any atom is -0.461 e. The molecule has 0 spiro atoms. The van der Waals surface area contributed by atoms with Crippen LogP contribution in [0.4, 0.5) is 0 Å². The number of hydrogen-bond acceptors (Lipinski definition) is 7. The average Bonchev–Trinajstić information content (AvgIpc) is 3.61. The van der Waals surface area contributed by atoms with Gasteiger partial charge in [0.1, 0.15) is 5.01 Å². The molecule has 0 radical (unpaired) electrons. The molecule has 5 rings (SSSR count). The van der Waals surface area contributed by atoms with E-state index in [1.165, 1.54) is 31.0 Å². The van der Waals surface area contributed by atoms with Crippen molar-refractivity contribution in [1.29, 1.82) is 0 Å². The maximum Gasteiger partial charge on any atom is 0.233 e. The molecule has 3 heterocycles. The zero-order valence-corrected chi connectivity index (χ0v) is 20.4. The standard InChI is InChI=1S/C24H27N5O2S2/c1-16(23-25-18-11-6-7-13-20(18)33-23)28(2)21(30)15-32-24-27-26-22(19-12-8-14-31-19)29(24)17-9-4-3-5-10-17/h6-8,11-14,16-17H,3-5,9-10,15H2,1-2H3/t16-/m1/s1. The number of benzene rings is 1. The molecular weight excluding hydrogens is 454 g/mol. The number of hydrogen-bond donors (Lipinski definition) is 0. The van der Waals surface area contributed by atoms with E-state index in [9.17, 15) is 4.79 Å². The first kappa shape index (κ1) is 22.2. The minimum atomic E-state index is -0.0922. The molecule has 0 saturated heterocycles. The number of amides is 1. The van der Waals surface area contributed by atoms with Gasteiger partial charge in [-0.1, -0.05) is 43.2 Å². The molecule has 1 saturated carbocycles. The third kappa shape index (κ3) is 4.56. The van der Waals surface area contributed by atoms with Crippen LogP contribution >= 0.6 is 23.1 Å². The number of fused-ring (bicyclic) bond motifs is 1. The minimum absolute atomic E-state index is 0.0458. The van der Waals surface area contributed by atoms with E-state index < -0.39 is 0 Å². The van der Waals surface area contributed by atoms with Gasteiger partial charge in [-0.3, -0.25) is 9.36 Å². The highest BCUT2D eigenvalue weighted by Crippen LogP contribution is 2.36. The number of furan rings is 1. The Balaban J connectivity index is 1.31. The van der Waals surface area contributed by atoms with E-state index >= 15 is 0 Å². The summed E-state index contributed by atoms with van der Waals surface area (Å²) in [7, 11) is 1.85. The number of nitrogens with zero attached hydrogens (tertiary/aromatic N) is 5. The monoisotopic (exact) mass is 481 g/mol. The SMILES string of the molecule is C[C@H](c1nc2ccccc2s1)N(C)C(=O)CSc1nnc(-c2ccco2)n1C1CCCCC1. The lowest BCUT2D eigenvalue weighted by Crippen LogP contribution is -2.31. The molecule has 0 unspecified atom stereocenters. The Kier molecular flexibility index (Phi) is 6.50. The smallest absolute Gasteiger partial charge is 0.233 e. The van der Waals surface area contributed by atoms with Crippen molar-refractivity contribution in [1.82, 2.24) is 24.6 Å². The van der Waals surface area contributed by atoms with Crippen molar-refractivity contribution < 1.29 is 9.21 Å². The normalized spacial score (nSPS) is 15.7. The van der Waals surface area contributed by atoms with Crippen LogP contribution in [0, 0.1) is 0 Å². The second-order valence-corrected chi connectivity index (χ2v) is 10.4. The molecule has 1 aliphatic carbocycles. The Labute approximate surface area is 201 Å². The molecule has 1 amide bonds. The number of carbonyl (C=O) groups is 1. The fraction of sp³-hybridized carbons (Fsp3) is 0.417. The molecule has 0 aliphatic heterocycles. The lowest BCUT2D eigenvalue weighted by molar-refractivity contribution is -0.128. The van der Waals surface area contributed by atoms with Crippen molar-refractivity contribution in [2.45, 2.75) is 56.3 Å². The quantitative estimate of drug-likeness (QED) is 0.303. The van der Waals surface area contributed by atoms with Crippen LogP contribution in [-0.4, -0.2) is 43.4 Å². The van der Waals surface area contributed by atoms with Crippen LogP contribution in [0.25, 0.3) is 21.8 Å². The Hall–Kier alpha value is -2.65. The maximum absolute atomic E-state index is 13.1. The van der Waals surface area contributed by atoms with E-state index in [0.717, 1.165) is 39.0 Å². The zero-order chi connectivity index (χ0) is 22.8. The predicted octanol–water partition coefficient (Wildman–Crippen LogP) is 5.96. The number of rotatable bonds is 7. The van der Waals surface area contributed by atoms with Gasteiger partial charge in [0, 0.05) is 13.1 Å². The summed E-state index contributed by atoms with van der Waals surface area (Å²) in [6.45, 7) is 2.03. The molecule has 4 aromatic rings.